The Hall–Kier alpha value is -1.42. The zero-order valence-electron chi connectivity index (χ0n) is 11.0. The summed E-state index contributed by atoms with van der Waals surface area (Å²) in [5.74, 6) is 1.19. The van der Waals surface area contributed by atoms with E-state index in [0.29, 0.717) is 10.9 Å². The van der Waals surface area contributed by atoms with E-state index in [0.717, 1.165) is 12.1 Å². The van der Waals surface area contributed by atoms with Crippen LogP contribution in [0.1, 0.15) is 24.8 Å². The maximum Gasteiger partial charge on any atom is 0.244 e. The number of carbonyl (C=O) groups is 1. The summed E-state index contributed by atoms with van der Waals surface area (Å²) >= 11 is 1.97. The molecule has 2 rings (SSSR count). The highest BCUT2D eigenvalue weighted by Gasteiger charge is 2.13. The molecule has 0 aromatic heterocycles. The predicted molar refractivity (Wildman–Crippen MR) is 83.0 cm³/mol. The molecule has 1 unspecified atom stereocenters. The molecule has 0 radical (unpaired) electrons. The molecule has 1 atom stereocenters. The molecule has 3 N–H and O–H groups in total. The quantitative estimate of drug-likeness (QED) is 0.656. The number of nitrogens with one attached hydrogen (secondary N) is 1. The van der Waals surface area contributed by atoms with Crippen LogP contribution in [-0.2, 0) is 4.79 Å². The van der Waals surface area contributed by atoms with Crippen molar-refractivity contribution in [3.8, 4) is 0 Å². The number of nitrogen functional groups attached to an aromatic ring is 1. The van der Waals surface area contributed by atoms with Gasteiger partial charge in [-0.2, -0.15) is 11.8 Å². The van der Waals surface area contributed by atoms with Crippen LogP contribution >= 0.6 is 11.8 Å². The van der Waals surface area contributed by atoms with Gasteiger partial charge < -0.3 is 11.1 Å². The topological polar surface area (TPSA) is 55.1 Å². The predicted octanol–water partition coefficient (Wildman–Crippen LogP) is 2.68. The number of hydrogen-bond acceptors (Lipinski definition) is 3. The first-order valence-electron chi connectivity index (χ1n) is 6.67. The lowest BCUT2D eigenvalue weighted by Crippen LogP contribution is -2.30. The third-order valence-electron chi connectivity index (χ3n) is 3.12. The Kier molecular flexibility index (Phi) is 5.33. The van der Waals surface area contributed by atoms with Gasteiger partial charge in [-0.05, 0) is 42.4 Å². The highest BCUT2D eigenvalue weighted by Crippen LogP contribution is 2.24. The van der Waals surface area contributed by atoms with E-state index < -0.39 is 0 Å². The van der Waals surface area contributed by atoms with E-state index in [4.69, 9.17) is 5.73 Å². The summed E-state index contributed by atoms with van der Waals surface area (Å²) < 4.78 is 0. The molecular weight excluding hydrogens is 256 g/mol. The minimum atomic E-state index is -0.0337. The zero-order valence-corrected chi connectivity index (χ0v) is 11.8. The lowest BCUT2D eigenvalue weighted by molar-refractivity contribution is -0.116. The highest BCUT2D eigenvalue weighted by atomic mass is 32.2. The Labute approximate surface area is 118 Å². The number of hydrogen-bond donors (Lipinski definition) is 2. The number of nitrogens with two attached hydrogens (primary N) is 1. The van der Waals surface area contributed by atoms with Gasteiger partial charge in [0.15, 0.2) is 0 Å². The first-order valence-corrected chi connectivity index (χ1v) is 7.72. The minimum absolute atomic E-state index is 0.0337. The lowest BCUT2D eigenvalue weighted by Gasteiger charge is -2.20. The van der Waals surface area contributed by atoms with Gasteiger partial charge in [0, 0.05) is 23.6 Å². The fourth-order valence-corrected chi connectivity index (χ4v) is 3.31. The molecule has 1 aromatic rings. The van der Waals surface area contributed by atoms with Crippen LogP contribution in [0.2, 0.25) is 0 Å². The van der Waals surface area contributed by atoms with E-state index in [2.05, 4.69) is 5.32 Å². The van der Waals surface area contributed by atoms with Gasteiger partial charge >= 0.3 is 0 Å². The third kappa shape index (κ3) is 4.99. The number of anilines is 1. The molecule has 1 aromatic carbocycles. The van der Waals surface area contributed by atoms with Crippen LogP contribution < -0.4 is 11.1 Å². The van der Waals surface area contributed by atoms with E-state index in [1.807, 2.05) is 36.0 Å². The second-order valence-corrected chi connectivity index (χ2v) is 6.15. The van der Waals surface area contributed by atoms with Crippen LogP contribution in [0.15, 0.2) is 30.3 Å². The Balaban J connectivity index is 1.77. The number of carbonyl (C=O) groups excluding carboxylic acids is 1. The zero-order chi connectivity index (χ0) is 13.5. The van der Waals surface area contributed by atoms with Gasteiger partial charge in [-0.3, -0.25) is 4.79 Å². The van der Waals surface area contributed by atoms with Crippen molar-refractivity contribution in [3.05, 3.63) is 35.9 Å². The minimum Gasteiger partial charge on any atom is -0.399 e. The largest absolute Gasteiger partial charge is 0.399 e. The first-order chi connectivity index (χ1) is 9.24. The van der Waals surface area contributed by atoms with Crippen molar-refractivity contribution >= 4 is 29.4 Å². The van der Waals surface area contributed by atoms with Gasteiger partial charge in [0.25, 0.3) is 0 Å². The normalized spacial score (nSPS) is 19.5. The summed E-state index contributed by atoms with van der Waals surface area (Å²) in [7, 11) is 0. The number of amides is 1. The average molecular weight is 276 g/mol. The third-order valence-corrected chi connectivity index (χ3v) is 4.51. The van der Waals surface area contributed by atoms with Crippen molar-refractivity contribution < 1.29 is 4.79 Å². The molecule has 0 aliphatic carbocycles. The van der Waals surface area contributed by atoms with E-state index in [-0.39, 0.29) is 5.91 Å². The Bertz CT molecular complexity index is 453. The number of rotatable bonds is 4. The second kappa shape index (κ2) is 7.24. The van der Waals surface area contributed by atoms with Crippen LogP contribution in [0.5, 0.6) is 0 Å². The molecule has 1 fully saturated rings. The van der Waals surface area contributed by atoms with Gasteiger partial charge in [-0.1, -0.05) is 18.6 Å². The Morgan fingerprint density at radius 3 is 3.11 bits per heavy atom. The molecule has 1 aliphatic rings. The van der Waals surface area contributed by atoms with Crippen molar-refractivity contribution in [1.29, 1.82) is 0 Å². The number of benzene rings is 1. The Morgan fingerprint density at radius 1 is 1.47 bits per heavy atom. The highest BCUT2D eigenvalue weighted by molar-refractivity contribution is 7.99. The molecule has 1 saturated heterocycles. The van der Waals surface area contributed by atoms with Crippen molar-refractivity contribution in [2.75, 3.05) is 18.0 Å². The van der Waals surface area contributed by atoms with E-state index in [1.165, 1.54) is 25.0 Å². The molecular formula is C15H20N2OS. The van der Waals surface area contributed by atoms with Crippen LogP contribution in [0, 0.1) is 0 Å². The number of thioether (sulfide) groups is 1. The SMILES string of the molecule is Nc1cccc(/C=C/C(=O)NCC2CCCCS2)c1. The lowest BCUT2D eigenvalue weighted by atomic mass is 10.2. The molecule has 0 spiro atoms. The van der Waals surface area contributed by atoms with E-state index >= 15 is 0 Å². The van der Waals surface area contributed by atoms with Crippen LogP contribution in [0.4, 0.5) is 5.69 Å². The van der Waals surface area contributed by atoms with Crippen molar-refractivity contribution in [2.24, 2.45) is 0 Å². The smallest absolute Gasteiger partial charge is 0.244 e. The molecule has 0 saturated carbocycles. The summed E-state index contributed by atoms with van der Waals surface area (Å²) in [5.41, 5.74) is 7.34. The maximum absolute atomic E-state index is 11.7. The van der Waals surface area contributed by atoms with E-state index in [1.54, 1.807) is 12.2 Å². The fraction of sp³-hybridized carbons (Fsp3) is 0.400. The monoisotopic (exact) mass is 276 g/mol. The molecule has 1 heterocycles. The molecule has 102 valence electrons. The van der Waals surface area contributed by atoms with Crippen molar-refractivity contribution in [2.45, 2.75) is 24.5 Å². The standard InChI is InChI=1S/C15H20N2OS/c16-13-5-3-4-12(10-13)7-8-15(18)17-11-14-6-1-2-9-19-14/h3-5,7-8,10,14H,1-2,6,9,11,16H2,(H,17,18)/b8-7+. The average Bonchev–Trinajstić information content (AvgIpc) is 2.44. The first kappa shape index (κ1) is 14.0. The van der Waals surface area contributed by atoms with Crippen LogP contribution in [0.3, 0.4) is 0 Å². The van der Waals surface area contributed by atoms with Gasteiger partial charge in [-0.25, -0.2) is 0 Å². The Morgan fingerprint density at radius 2 is 2.37 bits per heavy atom. The summed E-state index contributed by atoms with van der Waals surface area (Å²) in [4.78, 5) is 11.7. The second-order valence-electron chi connectivity index (χ2n) is 4.74. The molecule has 0 bridgehead atoms. The molecule has 19 heavy (non-hydrogen) atoms. The maximum atomic E-state index is 11.7. The summed E-state index contributed by atoms with van der Waals surface area (Å²) in [6.07, 6.45) is 7.17. The molecule has 3 nitrogen and oxygen atoms in total. The molecule has 1 amide bonds. The van der Waals surface area contributed by atoms with Gasteiger partial charge in [0.2, 0.25) is 5.91 Å². The fourth-order valence-electron chi connectivity index (χ4n) is 2.08. The van der Waals surface area contributed by atoms with Crippen molar-refractivity contribution in [3.63, 3.8) is 0 Å². The van der Waals surface area contributed by atoms with Crippen molar-refractivity contribution in [1.82, 2.24) is 5.32 Å². The molecule has 4 heteroatoms. The van der Waals surface area contributed by atoms with Gasteiger partial charge in [0.05, 0.1) is 0 Å². The van der Waals surface area contributed by atoms with E-state index in [9.17, 15) is 4.79 Å². The molecule has 1 aliphatic heterocycles. The summed E-state index contributed by atoms with van der Waals surface area (Å²) in [5, 5.41) is 3.54. The summed E-state index contributed by atoms with van der Waals surface area (Å²) in [6.45, 7) is 0.769. The van der Waals surface area contributed by atoms with Gasteiger partial charge in [-0.15, -0.1) is 0 Å². The van der Waals surface area contributed by atoms with Gasteiger partial charge in [0.1, 0.15) is 0 Å². The van der Waals surface area contributed by atoms with Crippen LogP contribution in [0.25, 0.3) is 6.08 Å². The summed E-state index contributed by atoms with van der Waals surface area (Å²) in [6, 6.07) is 7.49. The van der Waals surface area contributed by atoms with Crippen LogP contribution in [-0.4, -0.2) is 23.5 Å².